The van der Waals surface area contributed by atoms with Crippen LogP contribution in [-0.4, -0.2) is 49.3 Å². The molecule has 1 atom stereocenters. The smallest absolute Gasteiger partial charge is 0.264 e. The second-order valence-corrected chi connectivity index (χ2v) is 10.3. The number of carbonyl (C=O) groups excluding carboxylic acids is 1. The van der Waals surface area contributed by atoms with Gasteiger partial charge in [-0.3, -0.25) is 9.10 Å². The molecule has 0 saturated carbocycles. The lowest BCUT2D eigenvalue weighted by molar-refractivity contribution is -0.120. The Morgan fingerprint density at radius 2 is 1.47 bits per heavy atom. The van der Waals surface area contributed by atoms with Gasteiger partial charge in [0.2, 0.25) is 5.91 Å². The van der Waals surface area contributed by atoms with Gasteiger partial charge in [0.15, 0.2) is 23.0 Å². The summed E-state index contributed by atoms with van der Waals surface area (Å²) in [5.41, 5.74) is 0.704. The minimum atomic E-state index is -4.34. The first-order valence-corrected chi connectivity index (χ1v) is 13.1. The molecule has 0 aromatic heterocycles. The summed E-state index contributed by atoms with van der Waals surface area (Å²) in [5, 5.41) is 2.49. The zero-order valence-electron chi connectivity index (χ0n) is 21.4. The van der Waals surface area contributed by atoms with Crippen LogP contribution in [-0.2, 0) is 14.8 Å². The van der Waals surface area contributed by atoms with E-state index in [2.05, 4.69) is 5.32 Å². The molecule has 0 saturated heterocycles. The zero-order valence-corrected chi connectivity index (χ0v) is 23.0. The summed E-state index contributed by atoms with van der Waals surface area (Å²) in [5.74, 6) is 0.156. The molecule has 3 rings (SSSR count). The SMILES string of the molecule is COc1ccc(C(C)NC(=O)CN(c2ccc(F)c(Cl)c2)S(=O)(=O)c2ccc(OC)c(OC)c2)cc1OC. The van der Waals surface area contributed by atoms with Crippen LogP contribution in [0.5, 0.6) is 23.0 Å². The first kappa shape index (κ1) is 28.9. The number of ether oxygens (including phenoxy) is 4. The Balaban J connectivity index is 1.96. The number of nitrogens with one attached hydrogen (secondary N) is 1. The summed E-state index contributed by atoms with van der Waals surface area (Å²) in [6, 6.07) is 12.1. The van der Waals surface area contributed by atoms with Gasteiger partial charge in [0.05, 0.1) is 50.1 Å². The maximum atomic E-state index is 13.9. The molecule has 1 amide bonds. The minimum absolute atomic E-state index is 0.0000969. The van der Waals surface area contributed by atoms with Gasteiger partial charge >= 0.3 is 0 Å². The molecule has 9 nitrogen and oxygen atoms in total. The molecule has 1 unspecified atom stereocenters. The Labute approximate surface area is 226 Å². The number of hydrogen-bond acceptors (Lipinski definition) is 7. The summed E-state index contributed by atoms with van der Waals surface area (Å²) < 4.78 is 63.1. The average molecular weight is 567 g/mol. The van der Waals surface area contributed by atoms with Gasteiger partial charge in [-0.2, -0.15) is 0 Å². The Bertz CT molecular complexity index is 1420. The number of carbonyl (C=O) groups is 1. The fourth-order valence-corrected chi connectivity index (χ4v) is 5.29. The standard InChI is InChI=1S/C26H28ClFN2O7S/c1-16(17-6-10-22(34-2)24(12-17)36-4)29-26(31)15-30(18-7-9-21(28)20(27)13-18)38(32,33)19-8-11-23(35-3)25(14-19)37-5/h6-14,16H,15H2,1-5H3,(H,29,31). The molecule has 0 radical (unpaired) electrons. The summed E-state index contributed by atoms with van der Waals surface area (Å²) in [7, 11) is 1.46. The van der Waals surface area contributed by atoms with Crippen LogP contribution < -0.4 is 28.6 Å². The highest BCUT2D eigenvalue weighted by Crippen LogP contribution is 2.34. The van der Waals surface area contributed by atoms with Crippen molar-refractivity contribution in [3.8, 4) is 23.0 Å². The highest BCUT2D eigenvalue weighted by atomic mass is 35.5. The molecular weight excluding hydrogens is 539 g/mol. The summed E-state index contributed by atoms with van der Waals surface area (Å²) >= 11 is 5.94. The van der Waals surface area contributed by atoms with Gasteiger partial charge in [0, 0.05) is 6.07 Å². The molecule has 3 aromatic rings. The van der Waals surface area contributed by atoms with Crippen molar-refractivity contribution in [3.05, 3.63) is 71.0 Å². The molecule has 38 heavy (non-hydrogen) atoms. The number of nitrogens with zero attached hydrogens (tertiary/aromatic N) is 1. The van der Waals surface area contributed by atoms with Gasteiger partial charge < -0.3 is 24.3 Å². The zero-order chi connectivity index (χ0) is 28.0. The summed E-state index contributed by atoms with van der Waals surface area (Å²) in [6.07, 6.45) is 0. The van der Waals surface area contributed by atoms with Crippen LogP contribution in [0.25, 0.3) is 0 Å². The molecule has 0 heterocycles. The number of halogens is 2. The molecule has 3 aromatic carbocycles. The van der Waals surface area contributed by atoms with Crippen LogP contribution in [0.2, 0.25) is 5.02 Å². The molecule has 1 N–H and O–H groups in total. The number of benzene rings is 3. The van der Waals surface area contributed by atoms with Crippen molar-refractivity contribution in [2.24, 2.45) is 0 Å². The summed E-state index contributed by atoms with van der Waals surface area (Å²) in [6.45, 7) is 1.12. The van der Waals surface area contributed by atoms with Crippen LogP contribution in [0.15, 0.2) is 59.5 Å². The van der Waals surface area contributed by atoms with Crippen molar-refractivity contribution in [2.45, 2.75) is 17.9 Å². The Hall–Kier alpha value is -3.70. The largest absolute Gasteiger partial charge is 0.493 e. The predicted molar refractivity (Wildman–Crippen MR) is 142 cm³/mol. The van der Waals surface area contributed by atoms with E-state index in [4.69, 9.17) is 30.5 Å². The van der Waals surface area contributed by atoms with Gasteiger partial charge in [-0.25, -0.2) is 12.8 Å². The van der Waals surface area contributed by atoms with E-state index in [-0.39, 0.29) is 21.4 Å². The number of amides is 1. The number of hydrogen-bond donors (Lipinski definition) is 1. The van der Waals surface area contributed by atoms with E-state index < -0.39 is 34.3 Å². The Kier molecular flexibility index (Phi) is 9.29. The van der Waals surface area contributed by atoms with E-state index in [1.807, 2.05) is 0 Å². The average Bonchev–Trinajstić information content (AvgIpc) is 2.92. The first-order chi connectivity index (χ1) is 18.0. The molecule has 0 bridgehead atoms. The molecule has 0 spiro atoms. The fraction of sp³-hybridized carbons (Fsp3) is 0.269. The van der Waals surface area contributed by atoms with Gasteiger partial charge in [-0.15, -0.1) is 0 Å². The number of anilines is 1. The van der Waals surface area contributed by atoms with Crippen molar-refractivity contribution in [3.63, 3.8) is 0 Å². The van der Waals surface area contributed by atoms with E-state index in [0.717, 1.165) is 16.4 Å². The van der Waals surface area contributed by atoms with Crippen molar-refractivity contribution < 1.29 is 36.6 Å². The topological polar surface area (TPSA) is 103 Å². The lowest BCUT2D eigenvalue weighted by Gasteiger charge is -2.26. The first-order valence-electron chi connectivity index (χ1n) is 11.3. The van der Waals surface area contributed by atoms with Crippen LogP contribution >= 0.6 is 11.6 Å². The Morgan fingerprint density at radius 1 is 0.895 bits per heavy atom. The van der Waals surface area contributed by atoms with E-state index in [9.17, 15) is 17.6 Å². The van der Waals surface area contributed by atoms with Gasteiger partial charge in [-0.1, -0.05) is 17.7 Å². The number of methoxy groups -OCH3 is 4. The molecule has 0 aliphatic rings. The number of rotatable bonds is 11. The number of sulfonamides is 1. The monoisotopic (exact) mass is 566 g/mol. The molecule has 12 heteroatoms. The second kappa shape index (κ2) is 12.2. The minimum Gasteiger partial charge on any atom is -0.493 e. The van der Waals surface area contributed by atoms with Gasteiger partial charge in [-0.05, 0) is 55.0 Å². The Morgan fingerprint density at radius 3 is 2.05 bits per heavy atom. The third kappa shape index (κ3) is 6.22. The maximum Gasteiger partial charge on any atom is 0.264 e. The van der Waals surface area contributed by atoms with Crippen molar-refractivity contribution in [1.82, 2.24) is 5.32 Å². The molecule has 204 valence electrons. The van der Waals surface area contributed by atoms with Gasteiger partial charge in [0.1, 0.15) is 12.4 Å². The van der Waals surface area contributed by atoms with Gasteiger partial charge in [0.25, 0.3) is 10.0 Å². The van der Waals surface area contributed by atoms with E-state index in [1.165, 1.54) is 52.7 Å². The lowest BCUT2D eigenvalue weighted by Crippen LogP contribution is -2.41. The molecule has 0 aliphatic heterocycles. The van der Waals surface area contributed by atoms with Crippen LogP contribution in [0.1, 0.15) is 18.5 Å². The highest BCUT2D eigenvalue weighted by Gasteiger charge is 2.29. The van der Waals surface area contributed by atoms with Crippen molar-refractivity contribution >= 4 is 33.2 Å². The van der Waals surface area contributed by atoms with Crippen LogP contribution in [0.4, 0.5) is 10.1 Å². The van der Waals surface area contributed by atoms with E-state index >= 15 is 0 Å². The normalized spacial score (nSPS) is 11.9. The third-order valence-electron chi connectivity index (χ3n) is 5.71. The van der Waals surface area contributed by atoms with Crippen molar-refractivity contribution in [2.75, 3.05) is 39.3 Å². The maximum absolute atomic E-state index is 13.9. The van der Waals surface area contributed by atoms with E-state index in [0.29, 0.717) is 22.8 Å². The quantitative estimate of drug-likeness (QED) is 0.362. The molecule has 0 aliphatic carbocycles. The van der Waals surface area contributed by atoms with Crippen LogP contribution in [0, 0.1) is 5.82 Å². The summed E-state index contributed by atoms with van der Waals surface area (Å²) in [4.78, 5) is 12.9. The van der Waals surface area contributed by atoms with E-state index in [1.54, 1.807) is 25.1 Å². The third-order valence-corrected chi connectivity index (χ3v) is 7.77. The molecular formula is C26H28ClFN2O7S. The van der Waals surface area contributed by atoms with Crippen LogP contribution in [0.3, 0.4) is 0 Å². The predicted octanol–water partition coefficient (Wildman–Crippen LogP) is 4.59. The lowest BCUT2D eigenvalue weighted by atomic mass is 10.1. The molecule has 0 fully saturated rings. The van der Waals surface area contributed by atoms with Crippen molar-refractivity contribution in [1.29, 1.82) is 0 Å². The highest BCUT2D eigenvalue weighted by molar-refractivity contribution is 7.92. The fourth-order valence-electron chi connectivity index (χ4n) is 3.68. The second-order valence-electron chi connectivity index (χ2n) is 8.03.